The van der Waals surface area contributed by atoms with Gasteiger partial charge in [-0.1, -0.05) is 295 Å². The molecule has 62 heavy (non-hydrogen) atoms. The smallest absolute Gasteiger partial charge is 0.220 e. The first-order valence-electron chi connectivity index (χ1n) is 28.6. The Morgan fingerprint density at radius 2 is 0.613 bits per heavy atom. The molecule has 0 spiro atoms. The molecular weight excluding hydrogens is 759 g/mol. The largest absolute Gasteiger partial charge is 0.394 e. The highest BCUT2D eigenvalue weighted by Crippen LogP contribution is 2.18. The van der Waals surface area contributed by atoms with Gasteiger partial charge in [-0.15, -0.1) is 0 Å². The van der Waals surface area contributed by atoms with Gasteiger partial charge >= 0.3 is 0 Å². The van der Waals surface area contributed by atoms with Gasteiger partial charge in [0, 0.05) is 6.42 Å². The van der Waals surface area contributed by atoms with E-state index in [1.54, 1.807) is 6.08 Å². The predicted octanol–water partition coefficient (Wildman–Crippen LogP) is 18.7. The van der Waals surface area contributed by atoms with E-state index in [0.717, 1.165) is 25.7 Å². The van der Waals surface area contributed by atoms with E-state index in [2.05, 4.69) is 31.3 Å². The zero-order valence-electron chi connectivity index (χ0n) is 42.4. The monoisotopic (exact) mass is 872 g/mol. The third-order valence-corrected chi connectivity index (χ3v) is 13.4. The van der Waals surface area contributed by atoms with Gasteiger partial charge in [-0.3, -0.25) is 4.79 Å². The van der Waals surface area contributed by atoms with Crippen LogP contribution >= 0.6 is 0 Å². The molecule has 1 amide bonds. The summed E-state index contributed by atoms with van der Waals surface area (Å²) in [6, 6.07) is -0.616. The van der Waals surface area contributed by atoms with Crippen molar-refractivity contribution in [1.29, 1.82) is 0 Å². The third kappa shape index (κ3) is 49.9. The molecule has 0 fully saturated rings. The fraction of sp³-hybridized carbons (Fsp3) is 0.914. The van der Waals surface area contributed by atoms with E-state index in [1.807, 2.05) is 6.08 Å². The summed E-state index contributed by atoms with van der Waals surface area (Å²) in [6.45, 7) is 4.30. The van der Waals surface area contributed by atoms with Crippen LogP contribution in [0.1, 0.15) is 322 Å². The van der Waals surface area contributed by atoms with Crippen molar-refractivity contribution in [3.63, 3.8) is 0 Å². The maximum absolute atomic E-state index is 12.4. The molecular formula is C58H113NO3. The lowest BCUT2D eigenvalue weighted by Crippen LogP contribution is -2.45. The zero-order valence-corrected chi connectivity index (χ0v) is 42.4. The summed E-state index contributed by atoms with van der Waals surface area (Å²) in [5.41, 5.74) is 0. The minimum Gasteiger partial charge on any atom is -0.394 e. The summed E-state index contributed by atoms with van der Waals surface area (Å²) < 4.78 is 0. The van der Waals surface area contributed by atoms with Crippen molar-refractivity contribution in [3.05, 3.63) is 24.3 Å². The van der Waals surface area contributed by atoms with E-state index in [9.17, 15) is 15.0 Å². The van der Waals surface area contributed by atoms with Gasteiger partial charge in [0.1, 0.15) is 0 Å². The van der Waals surface area contributed by atoms with Crippen LogP contribution in [0.2, 0.25) is 0 Å². The maximum Gasteiger partial charge on any atom is 0.220 e. The highest BCUT2D eigenvalue weighted by atomic mass is 16.3. The first-order valence-corrected chi connectivity index (χ1v) is 28.6. The van der Waals surface area contributed by atoms with Crippen molar-refractivity contribution in [2.45, 2.75) is 334 Å². The van der Waals surface area contributed by atoms with Crippen molar-refractivity contribution >= 4 is 5.91 Å². The number of aliphatic hydroxyl groups excluding tert-OH is 2. The van der Waals surface area contributed by atoms with E-state index in [-0.39, 0.29) is 12.5 Å². The second kappa shape index (κ2) is 54.2. The second-order valence-corrected chi connectivity index (χ2v) is 19.7. The Kier molecular flexibility index (Phi) is 53.2. The molecule has 0 aromatic rings. The molecule has 0 radical (unpaired) electrons. The topological polar surface area (TPSA) is 69.6 Å². The van der Waals surface area contributed by atoms with Crippen LogP contribution in [0.5, 0.6) is 0 Å². The first-order chi connectivity index (χ1) is 30.7. The Labute approximate surface area is 389 Å². The van der Waals surface area contributed by atoms with Gasteiger partial charge < -0.3 is 15.5 Å². The summed E-state index contributed by atoms with van der Waals surface area (Å²) in [5.74, 6) is -0.0608. The van der Waals surface area contributed by atoms with Crippen LogP contribution in [0.15, 0.2) is 24.3 Å². The molecule has 0 heterocycles. The number of rotatable bonds is 53. The molecule has 0 bridgehead atoms. The summed E-state index contributed by atoms with van der Waals surface area (Å²) in [4.78, 5) is 12.4. The number of carbonyl (C=O) groups is 1. The van der Waals surface area contributed by atoms with Crippen LogP contribution in [0.4, 0.5) is 0 Å². The summed E-state index contributed by atoms with van der Waals surface area (Å²) in [7, 11) is 0. The van der Waals surface area contributed by atoms with Crippen molar-refractivity contribution < 1.29 is 15.0 Å². The molecule has 0 aliphatic rings. The maximum atomic E-state index is 12.4. The summed E-state index contributed by atoms with van der Waals surface area (Å²) in [5, 5.41) is 22.9. The summed E-state index contributed by atoms with van der Waals surface area (Å²) >= 11 is 0. The fourth-order valence-corrected chi connectivity index (χ4v) is 9.06. The Morgan fingerprint density at radius 3 is 0.887 bits per heavy atom. The van der Waals surface area contributed by atoms with Crippen LogP contribution < -0.4 is 5.32 Å². The molecule has 0 rings (SSSR count). The van der Waals surface area contributed by atoms with Crippen LogP contribution in [0.25, 0.3) is 0 Å². The van der Waals surface area contributed by atoms with Gasteiger partial charge in [0.25, 0.3) is 0 Å². The normalized spacial score (nSPS) is 12.9. The minimum atomic E-state index is -0.833. The van der Waals surface area contributed by atoms with E-state index >= 15 is 0 Å². The fourth-order valence-electron chi connectivity index (χ4n) is 9.06. The van der Waals surface area contributed by atoms with Crippen LogP contribution in [0, 0.1) is 0 Å². The average Bonchev–Trinajstić information content (AvgIpc) is 3.28. The average molecular weight is 873 g/mol. The molecule has 0 aromatic carbocycles. The van der Waals surface area contributed by atoms with Crippen molar-refractivity contribution in [2.24, 2.45) is 0 Å². The molecule has 0 aliphatic carbocycles. The SMILES string of the molecule is CCCCCCCCC/C=C/C(O)C(CO)NC(=O)CCCCCCCCCCCCCCCCCCCCCCCCCCCCCCC/C=C\CCCCCCCCCC. The van der Waals surface area contributed by atoms with Crippen LogP contribution in [-0.4, -0.2) is 34.9 Å². The van der Waals surface area contributed by atoms with E-state index < -0.39 is 12.1 Å². The highest BCUT2D eigenvalue weighted by molar-refractivity contribution is 5.76. The molecule has 0 saturated carbocycles. The second-order valence-electron chi connectivity index (χ2n) is 19.7. The first kappa shape index (κ1) is 60.9. The number of hydrogen-bond acceptors (Lipinski definition) is 3. The molecule has 2 atom stereocenters. The number of allylic oxidation sites excluding steroid dienone is 3. The number of unbranched alkanes of at least 4 members (excludes halogenated alkanes) is 44. The Hall–Kier alpha value is -1.13. The number of amides is 1. The lowest BCUT2D eigenvalue weighted by Gasteiger charge is -2.20. The zero-order chi connectivity index (χ0) is 44.9. The molecule has 4 heteroatoms. The molecule has 3 N–H and O–H groups in total. The molecule has 4 nitrogen and oxygen atoms in total. The van der Waals surface area contributed by atoms with E-state index in [4.69, 9.17) is 0 Å². The lowest BCUT2D eigenvalue weighted by molar-refractivity contribution is -0.123. The number of nitrogens with one attached hydrogen (secondary N) is 1. The highest BCUT2D eigenvalue weighted by Gasteiger charge is 2.18. The molecule has 0 aromatic heterocycles. The number of hydrogen-bond donors (Lipinski definition) is 3. The third-order valence-electron chi connectivity index (χ3n) is 13.4. The Morgan fingerprint density at radius 1 is 0.371 bits per heavy atom. The van der Waals surface area contributed by atoms with E-state index in [0.29, 0.717) is 6.42 Å². The van der Waals surface area contributed by atoms with Gasteiger partial charge in [-0.2, -0.15) is 0 Å². The Balaban J connectivity index is 3.30. The molecule has 0 saturated heterocycles. The van der Waals surface area contributed by atoms with Gasteiger partial charge in [-0.05, 0) is 44.9 Å². The lowest BCUT2D eigenvalue weighted by atomic mass is 10.0. The number of aliphatic hydroxyl groups is 2. The standard InChI is InChI=1S/C58H113NO3/c1-3-5-7-9-11-13-14-15-16-17-18-19-20-21-22-23-24-25-26-27-28-29-30-31-32-33-34-35-36-37-38-39-40-41-42-43-44-46-48-50-52-54-58(62)59-56(55-60)57(61)53-51-49-47-45-12-10-8-6-4-2/h17-18,51,53,56-57,60-61H,3-16,19-50,52,54-55H2,1-2H3,(H,59,62)/b18-17-,53-51+. The molecule has 2 unspecified atom stereocenters. The predicted molar refractivity (Wildman–Crippen MR) is 276 cm³/mol. The molecule has 0 aliphatic heterocycles. The van der Waals surface area contributed by atoms with Gasteiger partial charge in [0.05, 0.1) is 18.8 Å². The van der Waals surface area contributed by atoms with Crippen molar-refractivity contribution in [3.8, 4) is 0 Å². The van der Waals surface area contributed by atoms with Gasteiger partial charge in [-0.25, -0.2) is 0 Å². The van der Waals surface area contributed by atoms with Crippen molar-refractivity contribution in [1.82, 2.24) is 5.32 Å². The molecule has 368 valence electrons. The van der Waals surface area contributed by atoms with Crippen LogP contribution in [-0.2, 0) is 4.79 Å². The summed E-state index contributed by atoms with van der Waals surface area (Å²) in [6.07, 6.45) is 72.4. The van der Waals surface area contributed by atoms with Crippen molar-refractivity contribution in [2.75, 3.05) is 6.61 Å². The minimum absolute atomic E-state index is 0.0608. The quantitative estimate of drug-likeness (QED) is 0.0421. The van der Waals surface area contributed by atoms with Gasteiger partial charge in [0.2, 0.25) is 5.91 Å². The Bertz CT molecular complexity index is 901. The van der Waals surface area contributed by atoms with Gasteiger partial charge in [0.15, 0.2) is 0 Å². The number of carbonyl (C=O) groups excluding carboxylic acids is 1. The van der Waals surface area contributed by atoms with Crippen LogP contribution in [0.3, 0.4) is 0 Å². The van der Waals surface area contributed by atoms with E-state index in [1.165, 1.54) is 276 Å².